The van der Waals surface area contributed by atoms with Crippen LogP contribution in [-0.4, -0.2) is 35.0 Å². The lowest BCUT2D eigenvalue weighted by atomic mass is 10.4. The molecule has 0 aliphatic rings. The van der Waals surface area contributed by atoms with Crippen molar-refractivity contribution in [1.29, 1.82) is 0 Å². The van der Waals surface area contributed by atoms with Gasteiger partial charge >= 0.3 is 0 Å². The number of nitrogens with one attached hydrogen (secondary N) is 1. The maximum absolute atomic E-state index is 11.1. The molecule has 0 aliphatic heterocycles. The van der Waals surface area contributed by atoms with Crippen LogP contribution < -0.4 is 11.2 Å². The highest BCUT2D eigenvalue weighted by Gasteiger charge is 2.07. The molecule has 1 atom stereocenters. The van der Waals surface area contributed by atoms with Crippen LogP contribution in [0, 0.1) is 6.92 Å². The van der Waals surface area contributed by atoms with Gasteiger partial charge in [-0.05, 0) is 19.1 Å². The summed E-state index contributed by atoms with van der Waals surface area (Å²) >= 11 is 0.304. The fourth-order valence-electron chi connectivity index (χ4n) is 2.13. The van der Waals surface area contributed by atoms with Crippen molar-refractivity contribution in [3.63, 3.8) is 0 Å². The molecule has 9 heteroatoms. The second-order valence-electron chi connectivity index (χ2n) is 4.68. The summed E-state index contributed by atoms with van der Waals surface area (Å²) in [5.41, 5.74) is 9.23. The molecule has 3 rings (SSSR count). The van der Waals surface area contributed by atoms with Crippen LogP contribution in [0.15, 0.2) is 29.4 Å². The molecule has 3 N–H and O–H groups in total. The van der Waals surface area contributed by atoms with E-state index in [0.29, 0.717) is 12.0 Å². The van der Waals surface area contributed by atoms with Gasteiger partial charge in [-0.2, -0.15) is 11.8 Å². The normalized spacial score (nSPS) is 13.2. The molecule has 3 aromatic rings. The minimum Gasteiger partial charge on any atom is -0.548 e. The Morgan fingerprint density at radius 2 is 2.36 bits per heavy atom. The molecule has 116 valence electrons. The predicted octanol–water partition coefficient (Wildman–Crippen LogP) is 1.51. The Balaban J connectivity index is 1.60. The van der Waals surface area contributed by atoms with Gasteiger partial charge in [0.05, 0.1) is 17.9 Å². The van der Waals surface area contributed by atoms with E-state index < -0.39 is 11.1 Å². The number of hydrogen-bond acceptors (Lipinski definition) is 6. The number of rotatable bonds is 5. The van der Waals surface area contributed by atoms with Crippen LogP contribution in [0.4, 0.5) is 5.82 Å². The second kappa shape index (κ2) is 6.51. The van der Waals surface area contributed by atoms with E-state index in [9.17, 15) is 4.55 Å². The zero-order valence-electron chi connectivity index (χ0n) is 12.0. The van der Waals surface area contributed by atoms with Gasteiger partial charge in [0.2, 0.25) is 11.3 Å². The van der Waals surface area contributed by atoms with Crippen molar-refractivity contribution < 1.29 is 4.55 Å². The van der Waals surface area contributed by atoms with Gasteiger partial charge in [-0.25, -0.2) is 4.98 Å². The van der Waals surface area contributed by atoms with E-state index in [1.165, 1.54) is 5.69 Å². The van der Waals surface area contributed by atoms with Crippen molar-refractivity contribution in [1.82, 2.24) is 18.1 Å². The van der Waals surface area contributed by atoms with Crippen LogP contribution in [-0.2, 0) is 5.75 Å². The highest BCUT2D eigenvalue weighted by molar-refractivity contribution is 7.98. The monoisotopic (exact) mass is 336 g/mol. The summed E-state index contributed by atoms with van der Waals surface area (Å²) in [5.74, 6) is 1.91. The summed E-state index contributed by atoms with van der Waals surface area (Å²) in [4.78, 5) is 8.81. The average molecular weight is 336 g/mol. The molecule has 0 saturated carbocycles. The molecule has 3 aromatic heterocycles. The Labute approximate surface area is 134 Å². The van der Waals surface area contributed by atoms with Crippen molar-refractivity contribution in [2.24, 2.45) is 4.99 Å². The van der Waals surface area contributed by atoms with E-state index in [0.717, 1.165) is 22.8 Å². The predicted molar refractivity (Wildman–Crippen MR) is 88.2 cm³/mol. The first-order valence-electron chi connectivity index (χ1n) is 6.73. The molecular formula is C13H16N6OS2. The number of pyridine rings is 1. The molecule has 0 aliphatic carbocycles. The molecule has 0 spiro atoms. The summed E-state index contributed by atoms with van der Waals surface area (Å²) in [7, 11) is 0. The number of imidazole rings is 1. The van der Waals surface area contributed by atoms with Crippen molar-refractivity contribution >= 4 is 34.4 Å². The third-order valence-electron chi connectivity index (χ3n) is 3.18. The van der Waals surface area contributed by atoms with Gasteiger partial charge in [-0.1, -0.05) is 6.07 Å². The average Bonchev–Trinajstić information content (AvgIpc) is 2.98. The van der Waals surface area contributed by atoms with Gasteiger partial charge < -0.3 is 14.7 Å². The second-order valence-corrected chi connectivity index (χ2v) is 6.67. The Morgan fingerprint density at radius 1 is 1.50 bits per heavy atom. The first kappa shape index (κ1) is 15.1. The summed E-state index contributed by atoms with van der Waals surface area (Å²) in [5, 5.41) is 0. The Hall–Kier alpha value is -1.84. The number of nitrogens with zero attached hydrogens (tertiary/aromatic N) is 4. The first-order valence-corrected chi connectivity index (χ1v) is 8.99. The van der Waals surface area contributed by atoms with Crippen LogP contribution in [0.1, 0.15) is 11.4 Å². The molecule has 22 heavy (non-hydrogen) atoms. The van der Waals surface area contributed by atoms with Gasteiger partial charge in [-0.3, -0.25) is 4.99 Å². The van der Waals surface area contributed by atoms with E-state index >= 15 is 0 Å². The van der Waals surface area contributed by atoms with E-state index in [-0.39, 0.29) is 5.82 Å². The standard InChI is InChI=1S/C13H16N6OS2/c1-9-10(19-6-3-2-4-11(19)16-9)8-21-7-5-15-13-12(14)17-22(20)18-13/h2-4,6H,5,7-8H2,1H3,(H2,14,17)(H,15,18). The van der Waals surface area contributed by atoms with Gasteiger partial charge in [0.15, 0.2) is 11.1 Å². The number of aryl methyl sites for hydroxylation is 1. The largest absolute Gasteiger partial charge is 0.548 e. The van der Waals surface area contributed by atoms with Crippen LogP contribution in [0.5, 0.6) is 0 Å². The molecule has 7 nitrogen and oxygen atoms in total. The Bertz CT molecular complexity index is 850. The zero-order chi connectivity index (χ0) is 15.5. The number of fused-ring (bicyclic) bond motifs is 1. The number of aromatic amines is 1. The van der Waals surface area contributed by atoms with Crippen LogP contribution >= 0.6 is 22.9 Å². The highest BCUT2D eigenvalue weighted by Crippen LogP contribution is 2.18. The minimum atomic E-state index is -1.47. The molecule has 0 fully saturated rings. The molecule has 1 unspecified atom stereocenters. The van der Waals surface area contributed by atoms with Crippen molar-refractivity contribution in [2.45, 2.75) is 12.7 Å². The molecule has 0 saturated heterocycles. The number of hydrogen-bond donors (Lipinski definition) is 2. The maximum Gasteiger partial charge on any atom is 0.229 e. The Kier molecular flexibility index (Phi) is 4.46. The Morgan fingerprint density at radius 3 is 3.14 bits per heavy atom. The van der Waals surface area contributed by atoms with Crippen molar-refractivity contribution in [3.05, 3.63) is 41.3 Å². The van der Waals surface area contributed by atoms with E-state index in [4.69, 9.17) is 5.73 Å². The number of nitrogens with two attached hydrogens (primary N) is 1. The topological polar surface area (TPSA) is 107 Å². The van der Waals surface area contributed by atoms with Crippen molar-refractivity contribution in [3.8, 4) is 0 Å². The minimum absolute atomic E-state index is 0.209. The zero-order valence-corrected chi connectivity index (χ0v) is 13.7. The first-order chi connectivity index (χ1) is 10.6. The van der Waals surface area contributed by atoms with Gasteiger partial charge in [-0.15, -0.1) is 4.37 Å². The highest BCUT2D eigenvalue weighted by atomic mass is 32.2. The summed E-state index contributed by atoms with van der Waals surface area (Å²) in [6.45, 7) is 2.62. The van der Waals surface area contributed by atoms with Gasteiger partial charge in [0.25, 0.3) is 0 Å². The van der Waals surface area contributed by atoms with Gasteiger partial charge in [0, 0.05) is 22.1 Å². The molecular weight excluding hydrogens is 320 g/mol. The lowest BCUT2D eigenvalue weighted by Crippen LogP contribution is -2.09. The quantitative estimate of drug-likeness (QED) is 0.542. The summed E-state index contributed by atoms with van der Waals surface area (Å²) in [6, 6.07) is 5.99. The fraction of sp³-hybridized carbons (Fsp3) is 0.308. The summed E-state index contributed by atoms with van der Waals surface area (Å²) < 4.78 is 19.5. The lowest BCUT2D eigenvalue weighted by Gasteiger charge is -2.02. The van der Waals surface area contributed by atoms with Crippen LogP contribution in [0.2, 0.25) is 0 Å². The fourth-order valence-corrected chi connectivity index (χ4v) is 3.68. The third-order valence-corrected chi connectivity index (χ3v) is 4.86. The molecule has 0 radical (unpaired) electrons. The molecule has 3 heterocycles. The van der Waals surface area contributed by atoms with E-state index in [1.54, 1.807) is 11.8 Å². The number of anilines is 1. The molecule has 0 bridgehead atoms. The lowest BCUT2D eigenvalue weighted by molar-refractivity contribution is 0.584. The van der Waals surface area contributed by atoms with Crippen LogP contribution in [0.25, 0.3) is 5.65 Å². The molecule has 0 amide bonds. The number of H-pyrrole nitrogens is 1. The number of nitrogen functional groups attached to an aromatic ring is 1. The molecule has 0 aromatic carbocycles. The number of thioether (sulfide) groups is 1. The third kappa shape index (κ3) is 3.16. The van der Waals surface area contributed by atoms with Gasteiger partial charge in [0.1, 0.15) is 5.65 Å². The SMILES string of the molecule is Cc1nc2ccccn2c1CSCCN=c1[nH][s+]([O-])nc1N. The number of aromatic nitrogens is 4. The van der Waals surface area contributed by atoms with Crippen LogP contribution in [0.3, 0.4) is 0 Å². The van der Waals surface area contributed by atoms with E-state index in [2.05, 4.69) is 23.1 Å². The van der Waals surface area contributed by atoms with Crippen molar-refractivity contribution in [2.75, 3.05) is 18.0 Å². The summed E-state index contributed by atoms with van der Waals surface area (Å²) in [6.07, 6.45) is 2.03. The maximum atomic E-state index is 11.1. The smallest absolute Gasteiger partial charge is 0.229 e. The van der Waals surface area contributed by atoms with E-state index in [1.807, 2.05) is 31.3 Å².